The lowest BCUT2D eigenvalue weighted by Crippen LogP contribution is -2.41. The maximum absolute atomic E-state index is 13.3. The second-order valence-electron chi connectivity index (χ2n) is 7.28. The fourth-order valence-electron chi connectivity index (χ4n) is 3.47. The molecule has 0 spiro atoms. The molecule has 31 heavy (non-hydrogen) atoms. The van der Waals surface area contributed by atoms with Crippen LogP contribution >= 0.6 is 11.6 Å². The van der Waals surface area contributed by atoms with Crippen LogP contribution in [0.1, 0.15) is 12.8 Å². The van der Waals surface area contributed by atoms with E-state index < -0.39 is 5.82 Å². The number of piperidine rings is 1. The van der Waals surface area contributed by atoms with Crippen molar-refractivity contribution in [1.29, 1.82) is 0 Å². The zero-order valence-electron chi connectivity index (χ0n) is 17.4. The van der Waals surface area contributed by atoms with Crippen molar-refractivity contribution in [2.75, 3.05) is 44.5 Å². The molecule has 0 aromatic heterocycles. The van der Waals surface area contributed by atoms with Crippen LogP contribution in [0.2, 0.25) is 5.02 Å². The number of carbonyl (C=O) groups excluding carboxylic acids is 2. The van der Waals surface area contributed by atoms with Crippen LogP contribution < -0.4 is 20.1 Å². The van der Waals surface area contributed by atoms with Gasteiger partial charge < -0.3 is 20.1 Å². The maximum atomic E-state index is 13.3. The molecule has 0 bridgehead atoms. The fourth-order valence-corrected chi connectivity index (χ4v) is 3.65. The van der Waals surface area contributed by atoms with Gasteiger partial charge in [0.1, 0.15) is 17.3 Å². The van der Waals surface area contributed by atoms with E-state index in [4.69, 9.17) is 21.1 Å². The molecule has 1 heterocycles. The van der Waals surface area contributed by atoms with E-state index in [1.165, 1.54) is 25.3 Å². The van der Waals surface area contributed by atoms with E-state index in [1.807, 2.05) is 4.90 Å². The monoisotopic (exact) mass is 449 g/mol. The summed E-state index contributed by atoms with van der Waals surface area (Å²) in [4.78, 5) is 26.9. The van der Waals surface area contributed by atoms with Crippen molar-refractivity contribution >= 4 is 34.8 Å². The molecule has 1 aliphatic rings. The Labute approximate surface area is 185 Å². The van der Waals surface area contributed by atoms with Crippen LogP contribution in [0.4, 0.5) is 15.8 Å². The summed E-state index contributed by atoms with van der Waals surface area (Å²) in [6.07, 6.45) is 1.25. The van der Waals surface area contributed by atoms with Gasteiger partial charge in [0.2, 0.25) is 11.8 Å². The van der Waals surface area contributed by atoms with E-state index in [2.05, 4.69) is 10.6 Å². The van der Waals surface area contributed by atoms with Crippen molar-refractivity contribution in [1.82, 2.24) is 4.90 Å². The number of ether oxygens (including phenoxy) is 2. The van der Waals surface area contributed by atoms with Crippen LogP contribution in [0, 0.1) is 11.7 Å². The van der Waals surface area contributed by atoms with Crippen LogP contribution in [0.3, 0.4) is 0 Å². The van der Waals surface area contributed by atoms with Crippen LogP contribution in [0.5, 0.6) is 11.5 Å². The fraction of sp³-hybridized carbons (Fsp3) is 0.364. The summed E-state index contributed by atoms with van der Waals surface area (Å²) >= 11 is 5.76. The number of carbonyl (C=O) groups is 2. The van der Waals surface area contributed by atoms with Crippen molar-refractivity contribution in [3.63, 3.8) is 0 Å². The average molecular weight is 450 g/mol. The van der Waals surface area contributed by atoms with Gasteiger partial charge in [0.15, 0.2) is 0 Å². The number of hydrogen-bond donors (Lipinski definition) is 2. The Kier molecular flexibility index (Phi) is 7.70. The minimum absolute atomic E-state index is 0.0351. The van der Waals surface area contributed by atoms with E-state index >= 15 is 0 Å². The summed E-state index contributed by atoms with van der Waals surface area (Å²) in [5.74, 6) is 0.160. The second kappa shape index (κ2) is 10.5. The van der Waals surface area contributed by atoms with Gasteiger partial charge in [0, 0.05) is 17.7 Å². The number of halogens is 2. The normalized spacial score (nSPS) is 14.7. The molecule has 0 radical (unpaired) electrons. The Hall–Kier alpha value is -2.84. The van der Waals surface area contributed by atoms with E-state index in [9.17, 15) is 14.0 Å². The van der Waals surface area contributed by atoms with Crippen LogP contribution in [0.25, 0.3) is 0 Å². The molecule has 9 heteroatoms. The number of rotatable bonds is 7. The first kappa shape index (κ1) is 22.8. The van der Waals surface area contributed by atoms with Gasteiger partial charge >= 0.3 is 0 Å². The Morgan fingerprint density at radius 2 is 1.84 bits per heavy atom. The third kappa shape index (κ3) is 6.08. The highest BCUT2D eigenvalue weighted by Gasteiger charge is 2.26. The number of likely N-dealkylation sites (tertiary alicyclic amines) is 1. The highest BCUT2D eigenvalue weighted by Crippen LogP contribution is 2.29. The molecule has 166 valence electrons. The van der Waals surface area contributed by atoms with Crippen LogP contribution in [0.15, 0.2) is 36.4 Å². The Morgan fingerprint density at radius 3 is 2.48 bits per heavy atom. The molecule has 0 unspecified atom stereocenters. The topological polar surface area (TPSA) is 79.9 Å². The lowest BCUT2D eigenvalue weighted by atomic mass is 9.96. The summed E-state index contributed by atoms with van der Waals surface area (Å²) in [5, 5.41) is 5.60. The van der Waals surface area contributed by atoms with Gasteiger partial charge in [0.05, 0.1) is 31.5 Å². The molecular formula is C22H25ClFN3O4. The van der Waals surface area contributed by atoms with E-state index in [0.29, 0.717) is 48.8 Å². The van der Waals surface area contributed by atoms with Gasteiger partial charge in [0.25, 0.3) is 0 Å². The predicted octanol–water partition coefficient (Wildman–Crippen LogP) is 3.79. The molecule has 1 saturated heterocycles. The van der Waals surface area contributed by atoms with Crippen molar-refractivity contribution in [3.8, 4) is 11.5 Å². The summed E-state index contributed by atoms with van der Waals surface area (Å²) in [6.45, 7) is 1.46. The maximum Gasteiger partial charge on any atom is 0.238 e. The second-order valence-corrected chi connectivity index (χ2v) is 7.69. The number of nitrogens with zero attached hydrogens (tertiary/aromatic N) is 1. The molecule has 7 nitrogen and oxygen atoms in total. The van der Waals surface area contributed by atoms with Crippen molar-refractivity contribution < 1.29 is 23.5 Å². The van der Waals surface area contributed by atoms with E-state index in [-0.39, 0.29) is 29.3 Å². The van der Waals surface area contributed by atoms with Crippen LogP contribution in [-0.2, 0) is 9.59 Å². The third-order valence-corrected chi connectivity index (χ3v) is 5.49. The number of anilines is 2. The number of benzene rings is 2. The number of hydrogen-bond acceptors (Lipinski definition) is 5. The minimum atomic E-state index is -0.529. The quantitative estimate of drug-likeness (QED) is 0.672. The molecule has 2 amide bonds. The highest BCUT2D eigenvalue weighted by atomic mass is 35.5. The zero-order valence-corrected chi connectivity index (χ0v) is 18.2. The standard InChI is InChI=1S/C22H25ClFN3O4/c1-30-16-4-6-19(20(12-16)31-2)26-21(28)13-27-9-7-14(8-10-27)22(29)25-15-3-5-18(24)17(23)11-15/h3-6,11-12,14H,7-10,13H2,1-2H3,(H,25,29)(H,26,28). The third-order valence-electron chi connectivity index (χ3n) is 5.20. The lowest BCUT2D eigenvalue weighted by molar-refractivity contribution is -0.121. The highest BCUT2D eigenvalue weighted by molar-refractivity contribution is 6.31. The zero-order chi connectivity index (χ0) is 22.4. The molecule has 1 fully saturated rings. The number of nitrogens with one attached hydrogen (secondary N) is 2. The van der Waals surface area contributed by atoms with E-state index in [1.54, 1.807) is 25.3 Å². The first-order valence-electron chi connectivity index (χ1n) is 9.89. The largest absolute Gasteiger partial charge is 0.497 e. The molecule has 0 saturated carbocycles. The molecule has 2 aromatic carbocycles. The van der Waals surface area contributed by atoms with Gasteiger partial charge in [-0.15, -0.1) is 0 Å². The van der Waals surface area contributed by atoms with E-state index in [0.717, 1.165) is 0 Å². The Morgan fingerprint density at radius 1 is 1.10 bits per heavy atom. The summed E-state index contributed by atoms with van der Waals surface area (Å²) < 4.78 is 23.7. The van der Waals surface area contributed by atoms with Gasteiger partial charge in [-0.25, -0.2) is 4.39 Å². The SMILES string of the molecule is COc1ccc(NC(=O)CN2CCC(C(=O)Nc3ccc(F)c(Cl)c3)CC2)c(OC)c1. The van der Waals surface area contributed by atoms with Gasteiger partial charge in [-0.1, -0.05) is 11.6 Å². The van der Waals surface area contributed by atoms with Gasteiger partial charge in [-0.3, -0.25) is 14.5 Å². The average Bonchev–Trinajstić information content (AvgIpc) is 2.77. The number of amides is 2. The molecule has 0 aliphatic carbocycles. The van der Waals surface area contributed by atoms with Crippen molar-refractivity contribution in [2.24, 2.45) is 5.92 Å². The van der Waals surface area contributed by atoms with Crippen molar-refractivity contribution in [3.05, 3.63) is 47.2 Å². The smallest absolute Gasteiger partial charge is 0.238 e. The molecule has 1 aliphatic heterocycles. The molecule has 3 rings (SSSR count). The lowest BCUT2D eigenvalue weighted by Gasteiger charge is -2.30. The minimum Gasteiger partial charge on any atom is -0.497 e. The number of methoxy groups -OCH3 is 2. The predicted molar refractivity (Wildman–Crippen MR) is 117 cm³/mol. The molecule has 0 atom stereocenters. The first-order valence-corrected chi connectivity index (χ1v) is 10.3. The molecule has 2 N–H and O–H groups in total. The van der Waals surface area contributed by atoms with Crippen LogP contribution in [-0.4, -0.2) is 50.6 Å². The summed E-state index contributed by atoms with van der Waals surface area (Å²) in [5.41, 5.74) is 1.03. The Bertz CT molecular complexity index is 948. The summed E-state index contributed by atoms with van der Waals surface area (Å²) in [6, 6.07) is 9.27. The van der Waals surface area contributed by atoms with Crippen molar-refractivity contribution in [2.45, 2.75) is 12.8 Å². The Balaban J connectivity index is 1.48. The van der Waals surface area contributed by atoms with Gasteiger partial charge in [-0.2, -0.15) is 0 Å². The van der Waals surface area contributed by atoms with Gasteiger partial charge in [-0.05, 0) is 56.3 Å². The molecular weight excluding hydrogens is 425 g/mol. The summed E-state index contributed by atoms with van der Waals surface area (Å²) in [7, 11) is 3.09. The molecule has 2 aromatic rings. The first-order chi connectivity index (χ1) is 14.9.